The van der Waals surface area contributed by atoms with Crippen LogP contribution >= 0.6 is 0 Å². The van der Waals surface area contributed by atoms with Gasteiger partial charge in [0.05, 0.1) is 0 Å². The number of hydrogen-bond acceptors (Lipinski definition) is 3. The number of hydrogen-bond donors (Lipinski definition) is 1. The molecule has 3 heteroatoms. The third-order valence-electron chi connectivity index (χ3n) is 5.07. The molecule has 2 fully saturated rings. The molecule has 3 nitrogen and oxygen atoms in total. The smallest absolute Gasteiger partial charge is 0.0442 e. The van der Waals surface area contributed by atoms with Crippen LogP contribution in [0.2, 0.25) is 0 Å². The Kier molecular flexibility index (Phi) is 3.74. The second kappa shape index (κ2) is 5.49. The van der Waals surface area contributed by atoms with E-state index in [9.17, 15) is 0 Å². The first-order valence-corrected chi connectivity index (χ1v) is 7.65. The fraction of sp³-hybridized carbons (Fsp3) is 0.688. The minimum atomic E-state index is 0.701. The lowest BCUT2D eigenvalue weighted by atomic mass is 9.77. The minimum absolute atomic E-state index is 0.701. The van der Waals surface area contributed by atoms with Gasteiger partial charge in [0.25, 0.3) is 0 Å². The number of nitrogens with one attached hydrogen (secondary N) is 1. The van der Waals surface area contributed by atoms with Gasteiger partial charge in [0.15, 0.2) is 0 Å². The second-order valence-electron chi connectivity index (χ2n) is 6.23. The summed E-state index contributed by atoms with van der Waals surface area (Å²) in [5.41, 5.74) is 3.41. The summed E-state index contributed by atoms with van der Waals surface area (Å²) in [6, 6.07) is 2.18. The van der Waals surface area contributed by atoms with Crippen LogP contribution in [-0.4, -0.2) is 25.1 Å². The Bertz CT molecular complexity index is 414. The van der Waals surface area contributed by atoms with Crippen molar-refractivity contribution in [2.75, 3.05) is 25.0 Å². The molecule has 0 bridgehead atoms. The molecule has 1 saturated carbocycles. The third kappa shape index (κ3) is 2.62. The van der Waals surface area contributed by atoms with Gasteiger partial charge in [-0.2, -0.15) is 0 Å². The molecule has 1 aromatic heterocycles. The van der Waals surface area contributed by atoms with Gasteiger partial charge in [0.2, 0.25) is 0 Å². The predicted octanol–water partition coefficient (Wildman–Crippen LogP) is 2.96. The fourth-order valence-corrected chi connectivity index (χ4v) is 3.90. The van der Waals surface area contributed by atoms with Gasteiger partial charge in [0, 0.05) is 43.3 Å². The van der Waals surface area contributed by atoms with E-state index in [0.29, 0.717) is 5.41 Å². The highest BCUT2D eigenvalue weighted by molar-refractivity contribution is 5.52. The summed E-state index contributed by atoms with van der Waals surface area (Å²) >= 11 is 0. The van der Waals surface area contributed by atoms with Crippen LogP contribution in [0, 0.1) is 5.41 Å². The van der Waals surface area contributed by atoms with Crippen LogP contribution < -0.4 is 10.2 Å². The topological polar surface area (TPSA) is 28.2 Å². The molecule has 0 radical (unpaired) electrons. The highest BCUT2D eigenvalue weighted by Gasteiger charge is 2.37. The first-order chi connectivity index (χ1) is 9.33. The fourth-order valence-electron chi connectivity index (χ4n) is 3.90. The summed E-state index contributed by atoms with van der Waals surface area (Å²) in [6.45, 7) is 3.35. The van der Waals surface area contributed by atoms with Gasteiger partial charge in [-0.05, 0) is 44.2 Å². The number of piperidine rings is 1. The maximum atomic E-state index is 4.26. The molecule has 2 aliphatic rings. The first-order valence-electron chi connectivity index (χ1n) is 7.65. The van der Waals surface area contributed by atoms with E-state index in [-0.39, 0.29) is 0 Å². The molecule has 3 rings (SSSR count). The number of aromatic nitrogens is 1. The molecule has 1 aliphatic heterocycles. The van der Waals surface area contributed by atoms with E-state index in [4.69, 9.17) is 0 Å². The standard InChI is InChI=1S/C16H25N3/c1-17-12-14-13-18-9-4-15(14)19-10-7-16(8-11-19)5-2-3-6-16/h4,9,13,17H,2-3,5-8,10-12H2,1H3. The van der Waals surface area contributed by atoms with Crippen molar-refractivity contribution in [1.82, 2.24) is 10.3 Å². The van der Waals surface area contributed by atoms with Gasteiger partial charge < -0.3 is 10.2 Å². The molecule has 1 aliphatic carbocycles. The molecule has 0 amide bonds. The quantitative estimate of drug-likeness (QED) is 0.904. The van der Waals surface area contributed by atoms with Crippen LogP contribution in [0.25, 0.3) is 0 Å². The van der Waals surface area contributed by atoms with Crippen molar-refractivity contribution in [2.24, 2.45) is 5.41 Å². The Balaban J connectivity index is 1.71. The van der Waals surface area contributed by atoms with Crippen LogP contribution in [0.4, 0.5) is 5.69 Å². The Labute approximate surface area is 116 Å². The summed E-state index contributed by atoms with van der Waals surface area (Å²) in [5.74, 6) is 0. The zero-order valence-electron chi connectivity index (χ0n) is 12.0. The van der Waals surface area contributed by atoms with Crippen molar-refractivity contribution in [3.05, 3.63) is 24.0 Å². The summed E-state index contributed by atoms with van der Waals surface area (Å²) in [5, 5.41) is 3.25. The van der Waals surface area contributed by atoms with Crippen molar-refractivity contribution in [1.29, 1.82) is 0 Å². The van der Waals surface area contributed by atoms with Crippen LogP contribution in [0.3, 0.4) is 0 Å². The van der Waals surface area contributed by atoms with Crippen molar-refractivity contribution >= 4 is 5.69 Å². The monoisotopic (exact) mass is 259 g/mol. The molecule has 1 N–H and O–H groups in total. The van der Waals surface area contributed by atoms with Crippen LogP contribution in [0.1, 0.15) is 44.1 Å². The SMILES string of the molecule is CNCc1cnccc1N1CCC2(CCCC2)CC1. The Morgan fingerprint density at radius 3 is 2.63 bits per heavy atom. The normalized spacial score (nSPS) is 22.1. The molecule has 1 spiro atoms. The molecule has 104 valence electrons. The van der Waals surface area contributed by atoms with Crippen molar-refractivity contribution in [3.63, 3.8) is 0 Å². The van der Waals surface area contributed by atoms with E-state index < -0.39 is 0 Å². The lowest BCUT2D eigenvalue weighted by molar-refractivity contribution is 0.226. The predicted molar refractivity (Wildman–Crippen MR) is 79.3 cm³/mol. The minimum Gasteiger partial charge on any atom is -0.371 e. The molecule has 0 unspecified atom stereocenters. The lowest BCUT2D eigenvalue weighted by Crippen LogP contribution is -2.39. The maximum absolute atomic E-state index is 4.26. The van der Waals surface area contributed by atoms with Gasteiger partial charge in [-0.25, -0.2) is 0 Å². The van der Waals surface area contributed by atoms with Gasteiger partial charge in [-0.3, -0.25) is 4.98 Å². The van der Waals surface area contributed by atoms with Gasteiger partial charge in [0.1, 0.15) is 0 Å². The summed E-state index contributed by atoms with van der Waals surface area (Å²) in [7, 11) is 2.00. The molecule has 1 saturated heterocycles. The summed E-state index contributed by atoms with van der Waals surface area (Å²) < 4.78 is 0. The molecule has 19 heavy (non-hydrogen) atoms. The highest BCUT2D eigenvalue weighted by atomic mass is 15.1. The first kappa shape index (κ1) is 12.9. The molecule has 2 heterocycles. The largest absolute Gasteiger partial charge is 0.371 e. The maximum Gasteiger partial charge on any atom is 0.0442 e. The van der Waals surface area contributed by atoms with E-state index in [1.165, 1.54) is 62.9 Å². The third-order valence-corrected chi connectivity index (χ3v) is 5.07. The van der Waals surface area contributed by atoms with Crippen molar-refractivity contribution in [3.8, 4) is 0 Å². The molecular formula is C16H25N3. The van der Waals surface area contributed by atoms with Gasteiger partial charge >= 0.3 is 0 Å². The number of nitrogens with zero attached hydrogens (tertiary/aromatic N) is 2. The van der Waals surface area contributed by atoms with Crippen molar-refractivity contribution < 1.29 is 0 Å². The zero-order chi connectivity index (χ0) is 13.1. The van der Waals surface area contributed by atoms with Gasteiger partial charge in [-0.1, -0.05) is 12.8 Å². The second-order valence-corrected chi connectivity index (χ2v) is 6.23. The van der Waals surface area contributed by atoms with E-state index in [2.05, 4.69) is 21.3 Å². The summed E-state index contributed by atoms with van der Waals surface area (Å²) in [4.78, 5) is 6.83. The molecule has 1 aromatic rings. The Morgan fingerprint density at radius 2 is 1.95 bits per heavy atom. The molecule has 0 atom stereocenters. The van der Waals surface area contributed by atoms with E-state index >= 15 is 0 Å². The van der Waals surface area contributed by atoms with Crippen LogP contribution in [0.5, 0.6) is 0 Å². The van der Waals surface area contributed by atoms with E-state index in [1.807, 2.05) is 19.4 Å². The number of rotatable bonds is 3. The highest BCUT2D eigenvalue weighted by Crippen LogP contribution is 2.46. The summed E-state index contributed by atoms with van der Waals surface area (Å²) in [6.07, 6.45) is 12.6. The average molecular weight is 259 g/mol. The number of pyridine rings is 1. The van der Waals surface area contributed by atoms with Gasteiger partial charge in [-0.15, -0.1) is 0 Å². The van der Waals surface area contributed by atoms with E-state index in [1.54, 1.807) is 0 Å². The Morgan fingerprint density at radius 1 is 1.21 bits per heavy atom. The molecular weight excluding hydrogens is 234 g/mol. The molecule has 0 aromatic carbocycles. The van der Waals surface area contributed by atoms with Crippen LogP contribution in [-0.2, 0) is 6.54 Å². The Hall–Kier alpha value is -1.09. The zero-order valence-corrected chi connectivity index (χ0v) is 12.0. The van der Waals surface area contributed by atoms with Crippen LogP contribution in [0.15, 0.2) is 18.5 Å². The number of anilines is 1. The lowest BCUT2D eigenvalue weighted by Gasteiger charge is -2.41. The van der Waals surface area contributed by atoms with Crippen molar-refractivity contribution in [2.45, 2.75) is 45.1 Å². The average Bonchev–Trinajstić information content (AvgIpc) is 2.89. The van der Waals surface area contributed by atoms with E-state index in [0.717, 1.165) is 6.54 Å².